The van der Waals surface area contributed by atoms with Crippen molar-refractivity contribution in [1.29, 1.82) is 0 Å². The number of nitrogens with zero attached hydrogens (tertiary/aromatic N) is 1. The summed E-state index contributed by atoms with van der Waals surface area (Å²) in [5, 5.41) is 1.99. The summed E-state index contributed by atoms with van der Waals surface area (Å²) >= 11 is 0. The molecule has 1 aliphatic carbocycles. The quantitative estimate of drug-likeness (QED) is 0.496. The van der Waals surface area contributed by atoms with Gasteiger partial charge in [-0.3, -0.25) is 4.79 Å². The molecule has 4 rings (SSSR count). The van der Waals surface area contributed by atoms with Crippen molar-refractivity contribution in [2.75, 3.05) is 6.61 Å². The molecule has 0 spiro atoms. The van der Waals surface area contributed by atoms with Crippen LogP contribution in [0.15, 0.2) is 66.7 Å². The van der Waals surface area contributed by atoms with Crippen molar-refractivity contribution in [3.05, 3.63) is 83.7 Å². The lowest BCUT2D eigenvalue weighted by atomic mass is 9.93. The van der Waals surface area contributed by atoms with Gasteiger partial charge in [0, 0.05) is 12.6 Å². The lowest BCUT2D eigenvalue weighted by molar-refractivity contribution is -0.138. The fraction of sp³-hybridized carbons (Fsp3) is 0.308. The smallest absolute Gasteiger partial charge is 0.338 e. The Morgan fingerprint density at radius 1 is 0.903 bits per heavy atom. The maximum atomic E-state index is 13.3. The summed E-state index contributed by atoms with van der Waals surface area (Å²) in [6.07, 6.45) is 5.20. The molecule has 0 aliphatic heterocycles. The van der Waals surface area contributed by atoms with Crippen LogP contribution in [0.3, 0.4) is 0 Å². The molecule has 3 aromatic carbocycles. The van der Waals surface area contributed by atoms with Gasteiger partial charge in [0.15, 0.2) is 6.61 Å². The average molecular weight is 419 g/mol. The standard InChI is InChI=1S/C26H26FNO3/c27-23-14-10-19(11-15-23)17-28(24-8-2-1-3-9-24)25(29)18-31-26(30)22-13-12-20-6-4-5-7-21(20)16-22/h4-7,10-16,24H,1-3,8-9,17-18H2. The van der Waals surface area contributed by atoms with E-state index in [9.17, 15) is 14.0 Å². The third-order valence-electron chi connectivity index (χ3n) is 5.91. The van der Waals surface area contributed by atoms with E-state index in [1.165, 1.54) is 18.6 Å². The van der Waals surface area contributed by atoms with Crippen molar-refractivity contribution in [3.8, 4) is 0 Å². The second-order valence-electron chi connectivity index (χ2n) is 8.08. The molecule has 0 atom stereocenters. The lowest BCUT2D eigenvalue weighted by Gasteiger charge is -2.34. The maximum Gasteiger partial charge on any atom is 0.338 e. The molecule has 4 nitrogen and oxygen atoms in total. The van der Waals surface area contributed by atoms with Crippen molar-refractivity contribution in [2.24, 2.45) is 0 Å². The van der Waals surface area contributed by atoms with Gasteiger partial charge in [0.25, 0.3) is 5.91 Å². The molecular formula is C26H26FNO3. The zero-order chi connectivity index (χ0) is 21.6. The normalized spacial score (nSPS) is 14.4. The minimum absolute atomic E-state index is 0.116. The Labute approximate surface area is 181 Å². The van der Waals surface area contributed by atoms with E-state index in [0.717, 1.165) is 42.0 Å². The van der Waals surface area contributed by atoms with Crippen LogP contribution in [-0.2, 0) is 16.1 Å². The molecule has 3 aromatic rings. The number of hydrogen-bond donors (Lipinski definition) is 0. The van der Waals surface area contributed by atoms with E-state index in [4.69, 9.17) is 4.74 Å². The molecule has 0 heterocycles. The molecule has 0 bridgehead atoms. The van der Waals surface area contributed by atoms with Gasteiger partial charge in [0.05, 0.1) is 5.56 Å². The molecule has 1 amide bonds. The Balaban J connectivity index is 1.44. The predicted molar refractivity (Wildman–Crippen MR) is 118 cm³/mol. The first-order chi connectivity index (χ1) is 15.1. The SMILES string of the molecule is O=C(OCC(=O)N(Cc1ccc(F)cc1)C1CCCCC1)c1ccc2ccccc2c1. The third-order valence-corrected chi connectivity index (χ3v) is 5.91. The summed E-state index contributed by atoms with van der Waals surface area (Å²) in [5.74, 6) is -1.03. The largest absolute Gasteiger partial charge is 0.452 e. The van der Waals surface area contributed by atoms with Crippen LogP contribution >= 0.6 is 0 Å². The Kier molecular flexibility index (Phi) is 6.60. The molecule has 0 unspecified atom stereocenters. The number of ether oxygens (including phenoxy) is 1. The third kappa shape index (κ3) is 5.29. The minimum Gasteiger partial charge on any atom is -0.452 e. The average Bonchev–Trinajstić information content (AvgIpc) is 2.82. The summed E-state index contributed by atoms with van der Waals surface area (Å²) in [4.78, 5) is 27.4. The number of hydrogen-bond acceptors (Lipinski definition) is 3. The zero-order valence-corrected chi connectivity index (χ0v) is 17.4. The first kappa shape index (κ1) is 21.0. The highest BCUT2D eigenvalue weighted by Gasteiger charge is 2.26. The van der Waals surface area contributed by atoms with Crippen molar-refractivity contribution in [2.45, 2.75) is 44.7 Å². The van der Waals surface area contributed by atoms with Crippen LogP contribution in [0.1, 0.15) is 48.0 Å². The van der Waals surface area contributed by atoms with Gasteiger partial charge >= 0.3 is 5.97 Å². The van der Waals surface area contributed by atoms with Crippen molar-refractivity contribution in [1.82, 2.24) is 4.90 Å². The second-order valence-corrected chi connectivity index (χ2v) is 8.08. The number of fused-ring (bicyclic) bond motifs is 1. The molecule has 0 N–H and O–H groups in total. The van der Waals surface area contributed by atoms with E-state index < -0.39 is 5.97 Å². The molecule has 1 saturated carbocycles. The predicted octanol–water partition coefficient (Wildman–Crippen LogP) is 5.50. The first-order valence-corrected chi connectivity index (χ1v) is 10.8. The highest BCUT2D eigenvalue weighted by atomic mass is 19.1. The highest BCUT2D eigenvalue weighted by molar-refractivity contribution is 5.96. The monoisotopic (exact) mass is 419 g/mol. The lowest BCUT2D eigenvalue weighted by Crippen LogP contribution is -2.43. The Morgan fingerprint density at radius 2 is 1.61 bits per heavy atom. The van der Waals surface area contributed by atoms with Gasteiger partial charge in [-0.15, -0.1) is 0 Å². The molecular weight excluding hydrogens is 393 g/mol. The second kappa shape index (κ2) is 9.73. The number of amides is 1. The fourth-order valence-electron chi connectivity index (χ4n) is 4.21. The number of carbonyl (C=O) groups is 2. The van der Waals surface area contributed by atoms with Gasteiger partial charge in [0.2, 0.25) is 0 Å². The Bertz CT molecular complexity index is 1060. The van der Waals surface area contributed by atoms with Gasteiger partial charge in [-0.05, 0) is 53.4 Å². The fourth-order valence-corrected chi connectivity index (χ4v) is 4.21. The summed E-state index contributed by atoms with van der Waals surface area (Å²) in [7, 11) is 0. The molecule has 0 radical (unpaired) electrons. The van der Waals surface area contributed by atoms with Crippen LogP contribution in [0, 0.1) is 5.82 Å². The van der Waals surface area contributed by atoms with E-state index in [2.05, 4.69) is 0 Å². The van der Waals surface area contributed by atoms with Gasteiger partial charge in [-0.1, -0.05) is 61.7 Å². The molecule has 31 heavy (non-hydrogen) atoms. The number of carbonyl (C=O) groups excluding carboxylic acids is 2. The van der Waals surface area contributed by atoms with E-state index >= 15 is 0 Å². The van der Waals surface area contributed by atoms with Crippen molar-refractivity contribution in [3.63, 3.8) is 0 Å². The summed E-state index contributed by atoms with van der Waals surface area (Å²) in [5.41, 5.74) is 1.29. The van der Waals surface area contributed by atoms with Crippen LogP contribution in [0.5, 0.6) is 0 Å². The molecule has 5 heteroatoms. The van der Waals surface area contributed by atoms with Crippen molar-refractivity contribution >= 4 is 22.6 Å². The Hall–Kier alpha value is -3.21. The number of benzene rings is 3. The number of halogens is 1. The van der Waals surface area contributed by atoms with Crippen LogP contribution in [0.25, 0.3) is 10.8 Å². The minimum atomic E-state index is -0.510. The van der Waals surface area contributed by atoms with Gasteiger partial charge in [0.1, 0.15) is 5.82 Å². The van der Waals surface area contributed by atoms with Crippen LogP contribution < -0.4 is 0 Å². The Morgan fingerprint density at radius 3 is 2.35 bits per heavy atom. The van der Waals surface area contributed by atoms with E-state index in [0.29, 0.717) is 12.1 Å². The summed E-state index contributed by atoms with van der Waals surface area (Å²) in [6.45, 7) is 0.0840. The van der Waals surface area contributed by atoms with Crippen LogP contribution in [-0.4, -0.2) is 29.4 Å². The van der Waals surface area contributed by atoms with Crippen LogP contribution in [0.2, 0.25) is 0 Å². The van der Waals surface area contributed by atoms with Gasteiger partial charge in [-0.25, -0.2) is 9.18 Å². The molecule has 1 fully saturated rings. The van der Waals surface area contributed by atoms with Crippen LogP contribution in [0.4, 0.5) is 4.39 Å². The van der Waals surface area contributed by atoms with Gasteiger partial charge in [-0.2, -0.15) is 0 Å². The maximum absolute atomic E-state index is 13.3. The highest BCUT2D eigenvalue weighted by Crippen LogP contribution is 2.25. The van der Waals surface area contributed by atoms with E-state index in [1.54, 1.807) is 29.2 Å². The number of esters is 1. The van der Waals surface area contributed by atoms with E-state index in [1.807, 2.05) is 30.3 Å². The molecule has 1 aliphatic rings. The first-order valence-electron chi connectivity index (χ1n) is 10.8. The topological polar surface area (TPSA) is 46.6 Å². The molecule has 0 aromatic heterocycles. The molecule has 0 saturated heterocycles. The van der Waals surface area contributed by atoms with E-state index in [-0.39, 0.29) is 24.4 Å². The number of rotatable bonds is 6. The van der Waals surface area contributed by atoms with Gasteiger partial charge < -0.3 is 9.64 Å². The molecule has 160 valence electrons. The summed E-state index contributed by atoms with van der Waals surface area (Å²) in [6, 6.07) is 19.4. The summed E-state index contributed by atoms with van der Waals surface area (Å²) < 4.78 is 18.6. The van der Waals surface area contributed by atoms with Crippen molar-refractivity contribution < 1.29 is 18.7 Å². The zero-order valence-electron chi connectivity index (χ0n) is 17.4.